The fourth-order valence-corrected chi connectivity index (χ4v) is 6.73. The molecule has 1 saturated heterocycles. The largest absolute Gasteiger partial charge is 0.598 e. The van der Waals surface area contributed by atoms with Gasteiger partial charge in [0.2, 0.25) is 5.91 Å². The fraction of sp³-hybridized carbons (Fsp3) is 0.441. The number of aromatic nitrogens is 1. The fourth-order valence-electron chi connectivity index (χ4n) is 5.66. The van der Waals surface area contributed by atoms with Gasteiger partial charge in [0.1, 0.15) is 28.0 Å². The molecule has 0 spiro atoms. The predicted octanol–water partition coefficient (Wildman–Crippen LogP) is 6.62. The minimum atomic E-state index is -1.47. The molecule has 12 heteroatoms. The van der Waals surface area contributed by atoms with Crippen LogP contribution in [0, 0.1) is 11.7 Å². The minimum absolute atomic E-state index is 0.0295. The summed E-state index contributed by atoms with van der Waals surface area (Å²) in [5.41, 5.74) is 0.632. The second-order valence-electron chi connectivity index (χ2n) is 13.0. The Morgan fingerprint density at radius 3 is 2.46 bits per heavy atom. The molecule has 1 aliphatic heterocycles. The van der Waals surface area contributed by atoms with Crippen molar-refractivity contribution < 1.29 is 23.3 Å². The Kier molecular flexibility index (Phi) is 10.6. The zero-order valence-corrected chi connectivity index (χ0v) is 28.1. The van der Waals surface area contributed by atoms with Crippen molar-refractivity contribution >= 4 is 46.4 Å². The molecular weight excluding hydrogens is 629 g/mol. The molecule has 3 N–H and O–H groups in total. The number of carbonyl (C=O) groups excluding carboxylic acids is 2. The number of pyridine rings is 1. The van der Waals surface area contributed by atoms with E-state index in [1.54, 1.807) is 24.3 Å². The number of methoxy groups -OCH3 is 1. The molecular formula is C34H41ClFN5O4S. The third-order valence-electron chi connectivity index (χ3n) is 8.55. The highest BCUT2D eigenvalue weighted by Crippen LogP contribution is 2.43. The number of likely N-dealkylation sites (tertiary alicyclic amines) is 1. The summed E-state index contributed by atoms with van der Waals surface area (Å²) >= 11 is 4.45. The lowest BCUT2D eigenvalue weighted by Crippen LogP contribution is -2.52. The van der Waals surface area contributed by atoms with E-state index in [1.807, 2.05) is 51.1 Å². The lowest BCUT2D eigenvalue weighted by Gasteiger charge is -2.39. The summed E-state index contributed by atoms with van der Waals surface area (Å²) in [6.45, 7) is 5.88. The van der Waals surface area contributed by atoms with Crippen LogP contribution in [0.1, 0.15) is 64.0 Å². The van der Waals surface area contributed by atoms with Crippen LogP contribution in [-0.2, 0) is 26.4 Å². The van der Waals surface area contributed by atoms with Crippen LogP contribution in [0.5, 0.6) is 0 Å². The van der Waals surface area contributed by atoms with Crippen molar-refractivity contribution in [1.82, 2.24) is 14.6 Å². The SMILES string of the molecule is CO[C@@H]1C[C@H](C(=O)Nc2cc(C(CCC3CC3)(N[S@+]([O-])C(C)(C)C)c3ccccc3)ccc2F)N(C(=O)Nc2ccc(Cl)cn2)C1. The molecule has 5 rings (SSSR count). The zero-order chi connectivity index (χ0) is 33.1. The maximum atomic E-state index is 15.5. The quantitative estimate of drug-likeness (QED) is 0.198. The van der Waals surface area contributed by atoms with Crippen molar-refractivity contribution in [3.63, 3.8) is 0 Å². The van der Waals surface area contributed by atoms with E-state index in [2.05, 4.69) is 20.3 Å². The number of hydrogen-bond donors (Lipinski definition) is 3. The van der Waals surface area contributed by atoms with Crippen LogP contribution in [0.15, 0.2) is 66.9 Å². The molecule has 1 unspecified atom stereocenters. The number of amides is 3. The Labute approximate surface area is 278 Å². The number of nitrogens with one attached hydrogen (secondary N) is 3. The number of anilines is 2. The van der Waals surface area contributed by atoms with E-state index in [9.17, 15) is 14.1 Å². The molecule has 2 aromatic carbocycles. The third kappa shape index (κ3) is 8.01. The first-order chi connectivity index (χ1) is 21.9. The average Bonchev–Trinajstić information content (AvgIpc) is 3.76. The molecule has 0 bridgehead atoms. The smallest absolute Gasteiger partial charge is 0.323 e. The van der Waals surface area contributed by atoms with E-state index in [4.69, 9.17) is 16.3 Å². The van der Waals surface area contributed by atoms with Gasteiger partial charge in [-0.1, -0.05) is 60.8 Å². The Balaban J connectivity index is 1.45. The van der Waals surface area contributed by atoms with Crippen LogP contribution in [0.4, 0.5) is 20.7 Å². The monoisotopic (exact) mass is 669 g/mol. The van der Waals surface area contributed by atoms with Crippen LogP contribution in [-0.4, -0.2) is 56.9 Å². The summed E-state index contributed by atoms with van der Waals surface area (Å²) in [4.78, 5) is 32.5. The molecule has 1 aliphatic carbocycles. The maximum absolute atomic E-state index is 15.5. The molecule has 2 fully saturated rings. The van der Waals surface area contributed by atoms with E-state index in [1.165, 1.54) is 24.3 Å². The van der Waals surface area contributed by atoms with Crippen LogP contribution >= 0.6 is 11.6 Å². The molecule has 0 radical (unpaired) electrons. The summed E-state index contributed by atoms with van der Waals surface area (Å²) in [6.07, 6.45) is 5.08. The maximum Gasteiger partial charge on any atom is 0.323 e. The number of urea groups is 1. The Hall–Kier alpha value is -3.22. The average molecular weight is 670 g/mol. The van der Waals surface area contributed by atoms with Gasteiger partial charge in [-0.3, -0.25) is 10.1 Å². The van der Waals surface area contributed by atoms with Crippen LogP contribution < -0.4 is 15.4 Å². The summed E-state index contributed by atoms with van der Waals surface area (Å²) in [6, 6.07) is 16.1. The second-order valence-corrected chi connectivity index (χ2v) is 15.4. The number of halogens is 2. The highest BCUT2D eigenvalue weighted by molar-refractivity contribution is 7.90. The van der Waals surface area contributed by atoms with Gasteiger partial charge in [0.25, 0.3) is 0 Å². The van der Waals surface area contributed by atoms with Gasteiger partial charge in [-0.05, 0) is 74.9 Å². The molecule has 3 aromatic rings. The van der Waals surface area contributed by atoms with E-state index < -0.39 is 45.4 Å². The Morgan fingerprint density at radius 1 is 1.09 bits per heavy atom. The molecule has 9 nitrogen and oxygen atoms in total. The third-order valence-corrected chi connectivity index (χ3v) is 10.4. The van der Waals surface area contributed by atoms with Crippen molar-refractivity contribution in [2.45, 2.75) is 75.3 Å². The van der Waals surface area contributed by atoms with Crippen molar-refractivity contribution in [2.24, 2.45) is 5.92 Å². The van der Waals surface area contributed by atoms with Gasteiger partial charge in [-0.25, -0.2) is 14.2 Å². The summed E-state index contributed by atoms with van der Waals surface area (Å²) in [5.74, 6) is -0.314. The van der Waals surface area contributed by atoms with E-state index in [0.717, 1.165) is 24.8 Å². The number of rotatable bonds is 11. The number of ether oxygens (including phenoxy) is 1. The van der Waals surface area contributed by atoms with Gasteiger partial charge < -0.3 is 19.5 Å². The molecule has 46 heavy (non-hydrogen) atoms. The van der Waals surface area contributed by atoms with Gasteiger partial charge in [-0.2, -0.15) is 0 Å². The van der Waals surface area contributed by atoms with Crippen LogP contribution in [0.3, 0.4) is 0 Å². The normalized spacial score (nSPS) is 20.2. The summed E-state index contributed by atoms with van der Waals surface area (Å²) in [5, 5.41) is 5.86. The first-order valence-electron chi connectivity index (χ1n) is 15.5. The first kappa shape index (κ1) is 34.1. The molecule has 2 aliphatic rings. The molecule has 1 aromatic heterocycles. The molecule has 2 heterocycles. The summed E-state index contributed by atoms with van der Waals surface area (Å²) in [7, 11) is 1.52. The number of nitrogens with zero attached hydrogens (tertiary/aromatic N) is 2. The van der Waals surface area contributed by atoms with Crippen molar-refractivity contribution in [1.29, 1.82) is 0 Å². The number of hydrogen-bond acceptors (Lipinski definition) is 6. The standard InChI is InChI=1S/C34H41ClFN5O4S/c1-33(2,3)46(44)40-34(17-16-22-10-11-22,23-8-6-5-7-9-23)24-12-14-27(36)28(18-24)38-31(42)29-19-26(45-4)21-41(29)32(43)39-30-15-13-25(35)20-37-30/h5-9,12-15,18,20,22,26,29,40H,10-11,16-17,19,21H2,1-4H3,(H,38,42)(H,37,39,43)/t26-,29-,34?,46-/m1/s1. The highest BCUT2D eigenvalue weighted by atomic mass is 35.5. The lowest BCUT2D eigenvalue weighted by atomic mass is 9.79. The van der Waals surface area contributed by atoms with Crippen LogP contribution in [0.2, 0.25) is 5.02 Å². The van der Waals surface area contributed by atoms with Crippen LogP contribution in [0.25, 0.3) is 0 Å². The summed E-state index contributed by atoms with van der Waals surface area (Å²) < 4.78 is 37.5. The number of carbonyl (C=O) groups is 2. The van der Waals surface area contributed by atoms with Gasteiger partial charge in [0.15, 0.2) is 0 Å². The first-order valence-corrected chi connectivity index (χ1v) is 17.0. The van der Waals surface area contributed by atoms with Gasteiger partial charge in [-0.15, -0.1) is 4.72 Å². The molecule has 1 saturated carbocycles. The topological polar surface area (TPSA) is 119 Å². The van der Waals surface area contributed by atoms with Crippen molar-refractivity contribution in [3.8, 4) is 0 Å². The Bertz CT molecular complexity index is 1520. The van der Waals surface area contributed by atoms with E-state index in [-0.39, 0.29) is 30.6 Å². The van der Waals surface area contributed by atoms with E-state index >= 15 is 4.39 Å². The van der Waals surface area contributed by atoms with Gasteiger partial charge >= 0.3 is 6.03 Å². The van der Waals surface area contributed by atoms with Gasteiger partial charge in [0.05, 0.1) is 16.8 Å². The van der Waals surface area contributed by atoms with Crippen molar-refractivity contribution in [3.05, 3.63) is 88.8 Å². The molecule has 3 amide bonds. The van der Waals surface area contributed by atoms with Gasteiger partial charge in [0, 0.05) is 37.6 Å². The Morgan fingerprint density at radius 2 is 1.83 bits per heavy atom. The molecule has 246 valence electrons. The highest BCUT2D eigenvalue weighted by Gasteiger charge is 2.44. The zero-order valence-electron chi connectivity index (χ0n) is 26.5. The van der Waals surface area contributed by atoms with Crippen molar-refractivity contribution in [2.75, 3.05) is 24.3 Å². The predicted molar refractivity (Wildman–Crippen MR) is 179 cm³/mol. The number of benzene rings is 2. The molecule has 4 atom stereocenters. The lowest BCUT2D eigenvalue weighted by molar-refractivity contribution is -0.119. The van der Waals surface area contributed by atoms with E-state index in [0.29, 0.717) is 22.9 Å². The minimum Gasteiger partial charge on any atom is -0.598 e. The second kappa shape index (κ2) is 14.3.